The molecular weight excluding hydrogens is 462 g/mol. The van der Waals surface area contributed by atoms with Crippen molar-refractivity contribution in [1.29, 1.82) is 0 Å². The van der Waals surface area contributed by atoms with E-state index in [0.29, 0.717) is 17.1 Å². The van der Waals surface area contributed by atoms with Crippen LogP contribution in [0.3, 0.4) is 0 Å². The second-order valence-electron chi connectivity index (χ2n) is 9.47. The summed E-state index contributed by atoms with van der Waals surface area (Å²) in [4.78, 5) is 42.3. The number of nitrogens with zero attached hydrogens (tertiary/aromatic N) is 1. The second-order valence-corrected chi connectivity index (χ2v) is 11.5. The molecule has 180 valence electrons. The Morgan fingerprint density at radius 2 is 2.09 bits per heavy atom. The summed E-state index contributed by atoms with van der Waals surface area (Å²) in [6, 6.07) is 4.11. The Morgan fingerprint density at radius 1 is 1.36 bits per heavy atom. The van der Waals surface area contributed by atoms with Gasteiger partial charge in [-0.15, -0.1) is 11.8 Å². The van der Waals surface area contributed by atoms with Gasteiger partial charge in [0.1, 0.15) is 6.04 Å². The molecule has 0 aliphatic carbocycles. The van der Waals surface area contributed by atoms with Gasteiger partial charge in [-0.2, -0.15) is 0 Å². The molecule has 3 amide bonds. The van der Waals surface area contributed by atoms with E-state index in [1.54, 1.807) is 29.8 Å². The maximum absolute atomic E-state index is 13.9. The molecular formula is C24H32ClN3O4S. The molecule has 2 bridgehead atoms. The minimum absolute atomic E-state index is 0.00724. The number of carbonyl (C=O) groups is 3. The number of halogens is 1. The SMILES string of the molecule is CC[C@H](C)[C@H](CO)N1C(=O)[C@@H]2[C@H](C(=O)NC)[C@@H]3CCC2(S3)C1C(=O)Nc1c(C)cccc1Cl. The summed E-state index contributed by atoms with van der Waals surface area (Å²) in [5.74, 6) is -1.72. The predicted molar refractivity (Wildman–Crippen MR) is 130 cm³/mol. The number of para-hydroxylation sites is 1. The number of aryl methyl sites for hydroxylation is 1. The fourth-order valence-electron chi connectivity index (χ4n) is 6.01. The van der Waals surface area contributed by atoms with Crippen LogP contribution >= 0.6 is 23.4 Å². The summed E-state index contributed by atoms with van der Waals surface area (Å²) in [5.41, 5.74) is 1.36. The standard InChI is InChI=1S/C24H32ClN3O4S/c1-5-12(2)15(11-29)28-20(22(31)27-19-13(3)7-6-8-14(19)25)24-10-9-16(33-24)17(21(30)26-4)18(24)23(28)32/h6-8,12,15-18,20,29H,5,9-11H2,1-4H3,(H,26,30)(H,27,31)/t12-,15-,16-,17+,18-,20?,24?/m0/s1. The van der Waals surface area contributed by atoms with Crippen LogP contribution < -0.4 is 10.6 Å². The number of benzene rings is 1. The van der Waals surface area contributed by atoms with Crippen LogP contribution in [0.15, 0.2) is 18.2 Å². The lowest BCUT2D eigenvalue weighted by Gasteiger charge is -2.39. The first-order valence-electron chi connectivity index (χ1n) is 11.6. The lowest BCUT2D eigenvalue weighted by Crippen LogP contribution is -2.56. The van der Waals surface area contributed by atoms with Crippen molar-refractivity contribution in [1.82, 2.24) is 10.2 Å². The van der Waals surface area contributed by atoms with Crippen molar-refractivity contribution in [3.63, 3.8) is 0 Å². The van der Waals surface area contributed by atoms with E-state index < -0.39 is 28.7 Å². The second kappa shape index (κ2) is 9.12. The summed E-state index contributed by atoms with van der Waals surface area (Å²) < 4.78 is -0.695. The highest BCUT2D eigenvalue weighted by Crippen LogP contribution is 2.66. The molecule has 2 unspecified atom stereocenters. The average Bonchev–Trinajstić information content (AvgIpc) is 3.44. The van der Waals surface area contributed by atoms with E-state index in [4.69, 9.17) is 11.6 Å². The number of aliphatic hydroxyl groups excluding tert-OH is 1. The molecule has 3 N–H and O–H groups in total. The zero-order valence-corrected chi connectivity index (χ0v) is 21.0. The lowest BCUT2D eigenvalue weighted by atomic mass is 9.70. The van der Waals surface area contributed by atoms with Crippen molar-refractivity contribution in [3.8, 4) is 0 Å². The largest absolute Gasteiger partial charge is 0.394 e. The molecule has 3 heterocycles. The summed E-state index contributed by atoms with van der Waals surface area (Å²) in [5, 5.41) is 16.5. The van der Waals surface area contributed by atoms with Gasteiger partial charge in [0.15, 0.2) is 0 Å². The number of likely N-dealkylation sites (tertiary alicyclic amines) is 1. The van der Waals surface area contributed by atoms with Gasteiger partial charge >= 0.3 is 0 Å². The van der Waals surface area contributed by atoms with Gasteiger partial charge in [-0.25, -0.2) is 0 Å². The molecule has 4 rings (SSSR count). The number of rotatable bonds is 7. The Hall–Kier alpha value is -1.77. The van der Waals surface area contributed by atoms with Crippen LogP contribution in [0.2, 0.25) is 5.02 Å². The minimum Gasteiger partial charge on any atom is -0.394 e. The predicted octanol–water partition coefficient (Wildman–Crippen LogP) is 2.83. The highest BCUT2D eigenvalue weighted by Gasteiger charge is 2.74. The van der Waals surface area contributed by atoms with Crippen molar-refractivity contribution in [3.05, 3.63) is 28.8 Å². The van der Waals surface area contributed by atoms with Gasteiger partial charge in [0.2, 0.25) is 17.7 Å². The Balaban J connectivity index is 1.80. The number of hydrogen-bond donors (Lipinski definition) is 3. The zero-order valence-electron chi connectivity index (χ0n) is 19.4. The molecule has 7 atom stereocenters. The fraction of sp³-hybridized carbons (Fsp3) is 0.625. The monoisotopic (exact) mass is 493 g/mol. The first-order chi connectivity index (χ1) is 15.7. The van der Waals surface area contributed by atoms with Crippen LogP contribution in [0.25, 0.3) is 0 Å². The highest BCUT2D eigenvalue weighted by atomic mass is 35.5. The van der Waals surface area contributed by atoms with Crippen molar-refractivity contribution < 1.29 is 19.5 Å². The van der Waals surface area contributed by atoms with E-state index in [9.17, 15) is 19.5 Å². The van der Waals surface area contributed by atoms with Gasteiger partial charge in [0.05, 0.1) is 39.9 Å². The molecule has 1 spiro atoms. The van der Waals surface area contributed by atoms with Gasteiger partial charge in [0.25, 0.3) is 0 Å². The molecule has 0 saturated carbocycles. The molecule has 3 saturated heterocycles. The summed E-state index contributed by atoms with van der Waals surface area (Å²) in [6.45, 7) is 5.61. The Labute approximate surface area is 204 Å². The topological polar surface area (TPSA) is 98.7 Å². The molecule has 33 heavy (non-hydrogen) atoms. The van der Waals surface area contributed by atoms with E-state index >= 15 is 0 Å². The molecule has 9 heteroatoms. The van der Waals surface area contributed by atoms with Gasteiger partial charge in [-0.3, -0.25) is 14.4 Å². The third-order valence-corrected chi connectivity index (χ3v) is 10.1. The third kappa shape index (κ3) is 3.65. The number of amides is 3. The number of anilines is 1. The maximum Gasteiger partial charge on any atom is 0.248 e. The third-order valence-electron chi connectivity index (χ3n) is 7.85. The molecule has 7 nitrogen and oxygen atoms in total. The van der Waals surface area contributed by atoms with Crippen molar-refractivity contribution in [2.75, 3.05) is 19.0 Å². The Morgan fingerprint density at radius 3 is 2.70 bits per heavy atom. The maximum atomic E-state index is 13.9. The van der Waals surface area contributed by atoms with Crippen molar-refractivity contribution in [2.45, 2.75) is 62.1 Å². The summed E-state index contributed by atoms with van der Waals surface area (Å²) >= 11 is 8.00. The van der Waals surface area contributed by atoms with Gasteiger partial charge in [-0.1, -0.05) is 44.0 Å². The lowest BCUT2D eigenvalue weighted by molar-refractivity contribution is -0.143. The number of carbonyl (C=O) groups excluding carboxylic acids is 3. The zero-order chi connectivity index (χ0) is 24.1. The van der Waals surface area contributed by atoms with Crippen LogP contribution in [0.4, 0.5) is 5.69 Å². The van der Waals surface area contributed by atoms with E-state index in [0.717, 1.165) is 18.4 Å². The smallest absolute Gasteiger partial charge is 0.248 e. The van der Waals surface area contributed by atoms with E-state index in [2.05, 4.69) is 10.6 Å². The minimum atomic E-state index is -0.790. The molecule has 3 fully saturated rings. The molecule has 1 aromatic carbocycles. The number of nitrogens with one attached hydrogen (secondary N) is 2. The first-order valence-corrected chi connectivity index (χ1v) is 12.9. The number of aliphatic hydroxyl groups is 1. The average molecular weight is 494 g/mol. The molecule has 0 aromatic heterocycles. The fourth-order valence-corrected chi connectivity index (χ4v) is 8.49. The highest BCUT2D eigenvalue weighted by molar-refractivity contribution is 8.02. The number of fused-ring (bicyclic) bond motifs is 1. The first kappa shape index (κ1) is 24.4. The molecule has 0 radical (unpaired) electrons. The van der Waals surface area contributed by atoms with E-state index in [-0.39, 0.29) is 35.5 Å². The van der Waals surface area contributed by atoms with Crippen LogP contribution in [0, 0.1) is 24.7 Å². The normalized spacial score (nSPS) is 31.9. The van der Waals surface area contributed by atoms with Crippen molar-refractivity contribution >= 4 is 46.8 Å². The number of hydrogen-bond acceptors (Lipinski definition) is 5. The molecule has 1 aromatic rings. The molecule has 3 aliphatic rings. The number of thioether (sulfide) groups is 1. The quantitative estimate of drug-likeness (QED) is 0.542. The summed E-state index contributed by atoms with van der Waals surface area (Å²) in [6.07, 6.45) is 2.21. The Bertz CT molecular complexity index is 955. The van der Waals surface area contributed by atoms with E-state index in [1.807, 2.05) is 32.9 Å². The molecule has 3 aliphatic heterocycles. The van der Waals surface area contributed by atoms with Gasteiger partial charge in [0, 0.05) is 12.3 Å². The van der Waals surface area contributed by atoms with Crippen molar-refractivity contribution in [2.24, 2.45) is 17.8 Å². The summed E-state index contributed by atoms with van der Waals surface area (Å²) in [7, 11) is 1.59. The van der Waals surface area contributed by atoms with Crippen LogP contribution in [0.5, 0.6) is 0 Å². The van der Waals surface area contributed by atoms with Gasteiger partial charge < -0.3 is 20.6 Å². The van der Waals surface area contributed by atoms with Gasteiger partial charge in [-0.05, 0) is 37.3 Å². The van der Waals surface area contributed by atoms with Crippen LogP contribution in [-0.4, -0.2) is 63.5 Å². The van der Waals surface area contributed by atoms with Crippen LogP contribution in [-0.2, 0) is 14.4 Å². The van der Waals surface area contributed by atoms with Crippen LogP contribution in [0.1, 0.15) is 38.7 Å². The van der Waals surface area contributed by atoms with E-state index in [1.165, 1.54) is 0 Å². The Kier molecular flexibility index (Phi) is 6.73.